The van der Waals surface area contributed by atoms with E-state index in [1.807, 2.05) is 0 Å². The van der Waals surface area contributed by atoms with Crippen LogP contribution in [0.4, 0.5) is 0 Å². The fourth-order valence-corrected chi connectivity index (χ4v) is 1.76. The van der Waals surface area contributed by atoms with E-state index in [4.69, 9.17) is 17.3 Å². The Kier molecular flexibility index (Phi) is 3.41. The van der Waals surface area contributed by atoms with Gasteiger partial charge in [-0.25, -0.2) is 0 Å². The number of hydrogen-bond acceptors (Lipinski definition) is 3. The molecule has 0 aromatic carbocycles. The number of rotatable bonds is 4. The Morgan fingerprint density at radius 2 is 2.44 bits per heavy atom. The van der Waals surface area contributed by atoms with Gasteiger partial charge in [0.25, 0.3) is 5.91 Å². The quantitative estimate of drug-likeness (QED) is 0.830. The van der Waals surface area contributed by atoms with Crippen LogP contribution in [0.15, 0.2) is 18.5 Å². The highest BCUT2D eigenvalue weighted by Gasteiger charge is 2.28. The third-order valence-corrected chi connectivity index (χ3v) is 3.04. The number of carbonyl (C=O) groups excluding carboxylic acids is 1. The van der Waals surface area contributed by atoms with Crippen molar-refractivity contribution >= 4 is 17.5 Å². The van der Waals surface area contributed by atoms with E-state index in [0.29, 0.717) is 23.0 Å². The van der Waals surface area contributed by atoms with Crippen molar-refractivity contribution in [3.05, 3.63) is 29.0 Å². The highest BCUT2D eigenvalue weighted by Crippen LogP contribution is 2.31. The van der Waals surface area contributed by atoms with Crippen LogP contribution in [-0.4, -0.2) is 23.5 Å². The van der Waals surface area contributed by atoms with Gasteiger partial charge in [-0.1, -0.05) is 11.6 Å². The summed E-state index contributed by atoms with van der Waals surface area (Å²) in [5.74, 6) is 0.386. The van der Waals surface area contributed by atoms with Crippen molar-refractivity contribution in [1.29, 1.82) is 0 Å². The molecule has 1 unspecified atom stereocenters. The molecular weight excluding hydrogens is 226 g/mol. The summed E-state index contributed by atoms with van der Waals surface area (Å²) < 4.78 is 0. The van der Waals surface area contributed by atoms with Crippen molar-refractivity contribution in [3.63, 3.8) is 0 Å². The van der Waals surface area contributed by atoms with Gasteiger partial charge >= 0.3 is 0 Å². The minimum Gasteiger partial charge on any atom is -0.350 e. The van der Waals surface area contributed by atoms with Crippen LogP contribution < -0.4 is 11.1 Å². The lowest BCUT2D eigenvalue weighted by molar-refractivity contribution is 0.0950. The molecule has 1 heterocycles. The molecule has 3 N–H and O–H groups in total. The molecule has 1 fully saturated rings. The maximum Gasteiger partial charge on any atom is 0.252 e. The first-order chi connectivity index (χ1) is 7.68. The zero-order valence-electron chi connectivity index (χ0n) is 8.82. The van der Waals surface area contributed by atoms with Crippen molar-refractivity contribution in [2.45, 2.75) is 18.9 Å². The molecule has 1 amide bonds. The third kappa shape index (κ3) is 2.71. The van der Waals surface area contributed by atoms with Gasteiger partial charge in [0.05, 0.1) is 10.6 Å². The first-order valence-corrected chi connectivity index (χ1v) is 5.69. The largest absolute Gasteiger partial charge is 0.350 e. The number of nitrogens with one attached hydrogen (secondary N) is 1. The Labute approximate surface area is 99.2 Å². The second-order valence-electron chi connectivity index (χ2n) is 4.07. The molecule has 1 aliphatic carbocycles. The summed E-state index contributed by atoms with van der Waals surface area (Å²) in [7, 11) is 0. The molecule has 1 aromatic heterocycles. The number of pyridine rings is 1. The minimum absolute atomic E-state index is 0.0598. The number of hydrogen-bond donors (Lipinski definition) is 2. The summed E-state index contributed by atoms with van der Waals surface area (Å²) in [6, 6.07) is 1.66. The Balaban J connectivity index is 1.90. The number of carbonyl (C=O) groups is 1. The van der Waals surface area contributed by atoms with Crippen LogP contribution in [0.1, 0.15) is 23.2 Å². The predicted molar refractivity (Wildman–Crippen MR) is 62.3 cm³/mol. The Hall–Kier alpha value is -1.13. The van der Waals surface area contributed by atoms with Gasteiger partial charge in [-0.05, 0) is 24.8 Å². The molecule has 0 spiro atoms. The molecule has 0 aliphatic heterocycles. The van der Waals surface area contributed by atoms with Crippen molar-refractivity contribution in [3.8, 4) is 0 Å². The van der Waals surface area contributed by atoms with E-state index in [2.05, 4.69) is 10.3 Å². The summed E-state index contributed by atoms with van der Waals surface area (Å²) >= 11 is 5.85. The fourth-order valence-electron chi connectivity index (χ4n) is 1.56. The zero-order chi connectivity index (χ0) is 11.5. The lowest BCUT2D eigenvalue weighted by Gasteiger charge is -2.11. The van der Waals surface area contributed by atoms with E-state index in [9.17, 15) is 4.79 Å². The predicted octanol–water partition coefficient (Wildman–Crippen LogP) is 1.20. The van der Waals surface area contributed by atoms with Crippen molar-refractivity contribution in [2.75, 3.05) is 6.54 Å². The van der Waals surface area contributed by atoms with Gasteiger partial charge in [0.15, 0.2) is 0 Å². The molecule has 16 heavy (non-hydrogen) atoms. The number of nitrogens with two attached hydrogens (primary N) is 1. The molecule has 0 bridgehead atoms. The molecule has 4 nitrogen and oxygen atoms in total. The summed E-state index contributed by atoms with van der Waals surface area (Å²) in [6.07, 6.45) is 5.35. The highest BCUT2D eigenvalue weighted by molar-refractivity contribution is 6.33. The summed E-state index contributed by atoms with van der Waals surface area (Å²) in [5, 5.41) is 3.15. The molecule has 1 saturated carbocycles. The second kappa shape index (κ2) is 4.80. The topological polar surface area (TPSA) is 68.0 Å². The smallest absolute Gasteiger partial charge is 0.252 e. The molecule has 5 heteroatoms. The van der Waals surface area contributed by atoms with Crippen LogP contribution in [0.5, 0.6) is 0 Å². The van der Waals surface area contributed by atoms with Crippen molar-refractivity contribution < 1.29 is 4.79 Å². The standard InChI is InChI=1S/C11H14ClN3O/c12-9-5-14-4-3-8(9)11(16)15-6-10(13)7-1-2-7/h3-5,7,10H,1-2,6,13H2,(H,15,16). The van der Waals surface area contributed by atoms with Crippen LogP contribution in [-0.2, 0) is 0 Å². The van der Waals surface area contributed by atoms with E-state index >= 15 is 0 Å². The minimum atomic E-state index is -0.191. The van der Waals surface area contributed by atoms with Crippen LogP contribution in [0.2, 0.25) is 5.02 Å². The van der Waals surface area contributed by atoms with Crippen LogP contribution in [0.3, 0.4) is 0 Å². The van der Waals surface area contributed by atoms with Gasteiger partial charge in [0.2, 0.25) is 0 Å². The first kappa shape index (κ1) is 11.4. The average Bonchev–Trinajstić information content (AvgIpc) is 3.10. The number of aromatic nitrogens is 1. The van der Waals surface area contributed by atoms with E-state index in [0.717, 1.165) is 0 Å². The number of nitrogens with zero attached hydrogens (tertiary/aromatic N) is 1. The summed E-state index contributed by atoms with van der Waals surface area (Å²) in [5.41, 5.74) is 6.33. The number of amides is 1. The maximum absolute atomic E-state index is 11.7. The Morgan fingerprint density at radius 3 is 3.06 bits per heavy atom. The lowest BCUT2D eigenvalue weighted by Crippen LogP contribution is -2.38. The normalized spacial score (nSPS) is 16.9. The zero-order valence-corrected chi connectivity index (χ0v) is 9.57. The molecule has 1 aliphatic rings. The van der Waals surface area contributed by atoms with Crippen molar-refractivity contribution in [1.82, 2.24) is 10.3 Å². The molecule has 1 atom stereocenters. The molecule has 1 aromatic rings. The average molecular weight is 240 g/mol. The van der Waals surface area contributed by atoms with Gasteiger partial charge in [-0.2, -0.15) is 0 Å². The van der Waals surface area contributed by atoms with Crippen LogP contribution in [0.25, 0.3) is 0 Å². The Morgan fingerprint density at radius 1 is 1.69 bits per heavy atom. The third-order valence-electron chi connectivity index (χ3n) is 2.74. The van der Waals surface area contributed by atoms with Gasteiger partial charge in [-0.3, -0.25) is 9.78 Å². The van der Waals surface area contributed by atoms with Gasteiger partial charge in [0.1, 0.15) is 0 Å². The lowest BCUT2D eigenvalue weighted by atomic mass is 10.2. The summed E-state index contributed by atoms with van der Waals surface area (Å²) in [6.45, 7) is 0.502. The number of halogens is 1. The Bertz CT molecular complexity index is 393. The van der Waals surface area contributed by atoms with Gasteiger partial charge < -0.3 is 11.1 Å². The van der Waals surface area contributed by atoms with Crippen molar-refractivity contribution in [2.24, 2.45) is 11.7 Å². The van der Waals surface area contributed by atoms with Crippen LogP contribution in [0, 0.1) is 5.92 Å². The second-order valence-corrected chi connectivity index (χ2v) is 4.47. The molecular formula is C11H14ClN3O. The molecule has 0 saturated heterocycles. The SMILES string of the molecule is NC(CNC(=O)c1ccncc1Cl)C1CC1. The van der Waals surface area contributed by atoms with E-state index in [1.54, 1.807) is 12.3 Å². The highest BCUT2D eigenvalue weighted by atomic mass is 35.5. The maximum atomic E-state index is 11.7. The summed E-state index contributed by atoms with van der Waals surface area (Å²) in [4.78, 5) is 15.6. The van der Waals surface area contributed by atoms with Gasteiger partial charge in [-0.15, -0.1) is 0 Å². The fraction of sp³-hybridized carbons (Fsp3) is 0.455. The van der Waals surface area contributed by atoms with E-state index in [1.165, 1.54) is 19.0 Å². The molecule has 2 rings (SSSR count). The molecule has 86 valence electrons. The van der Waals surface area contributed by atoms with E-state index < -0.39 is 0 Å². The monoisotopic (exact) mass is 239 g/mol. The molecule has 0 radical (unpaired) electrons. The van der Waals surface area contributed by atoms with Gasteiger partial charge in [0, 0.05) is 25.0 Å². The van der Waals surface area contributed by atoms with Crippen LogP contribution >= 0.6 is 11.6 Å². The van der Waals surface area contributed by atoms with E-state index in [-0.39, 0.29) is 11.9 Å². The first-order valence-electron chi connectivity index (χ1n) is 5.32.